The Morgan fingerprint density at radius 3 is 2.59 bits per heavy atom. The molecule has 0 radical (unpaired) electrons. The van der Waals surface area contributed by atoms with E-state index in [9.17, 15) is 14.4 Å². The molecular formula is C21H26ClN5O5. The van der Waals surface area contributed by atoms with E-state index < -0.39 is 23.5 Å². The van der Waals surface area contributed by atoms with Crippen molar-refractivity contribution in [2.45, 2.75) is 64.0 Å². The first-order chi connectivity index (χ1) is 15.1. The standard InChI is InChI=1S/C21H26ClN5O5/c1-21(2,3)32-20(30)27(15-6-4-5-13(9-15)16-11-23-12-31-16)26-19(29)18(28)25-17-8-7-14(22)10-24-17/h7-8,10-13,15H,4-6,9H2,1-3H3,(H,26,29)(H,24,25,28)/t13-,15?/m0/s1. The summed E-state index contributed by atoms with van der Waals surface area (Å²) in [6.45, 7) is 5.17. The number of hydrogen-bond donors (Lipinski definition) is 2. The highest BCUT2D eigenvalue weighted by Crippen LogP contribution is 2.35. The van der Waals surface area contributed by atoms with E-state index in [4.69, 9.17) is 20.8 Å². The van der Waals surface area contributed by atoms with Gasteiger partial charge in [0.15, 0.2) is 6.39 Å². The van der Waals surface area contributed by atoms with Gasteiger partial charge in [0.1, 0.15) is 17.2 Å². The van der Waals surface area contributed by atoms with Crippen molar-refractivity contribution in [3.63, 3.8) is 0 Å². The third-order valence-electron chi connectivity index (χ3n) is 4.85. The molecule has 0 saturated heterocycles. The highest BCUT2D eigenvalue weighted by Gasteiger charge is 2.36. The predicted molar refractivity (Wildman–Crippen MR) is 116 cm³/mol. The fraction of sp³-hybridized carbons (Fsp3) is 0.476. The van der Waals surface area contributed by atoms with E-state index >= 15 is 0 Å². The fourth-order valence-electron chi connectivity index (χ4n) is 3.46. The number of pyridine rings is 1. The van der Waals surface area contributed by atoms with Gasteiger partial charge < -0.3 is 14.5 Å². The van der Waals surface area contributed by atoms with Crippen molar-refractivity contribution in [1.82, 2.24) is 20.4 Å². The van der Waals surface area contributed by atoms with E-state index in [2.05, 4.69) is 20.7 Å². The molecule has 11 heteroatoms. The van der Waals surface area contributed by atoms with Gasteiger partial charge in [0.05, 0.1) is 17.3 Å². The van der Waals surface area contributed by atoms with Crippen LogP contribution in [0.25, 0.3) is 0 Å². The minimum absolute atomic E-state index is 0.0326. The summed E-state index contributed by atoms with van der Waals surface area (Å²) >= 11 is 5.78. The van der Waals surface area contributed by atoms with Crippen LogP contribution in [-0.4, -0.2) is 44.5 Å². The van der Waals surface area contributed by atoms with Crippen molar-refractivity contribution < 1.29 is 23.5 Å². The summed E-state index contributed by atoms with van der Waals surface area (Å²) in [6, 6.07) is 2.60. The Morgan fingerprint density at radius 2 is 1.97 bits per heavy atom. The number of rotatable bonds is 3. The van der Waals surface area contributed by atoms with Crippen molar-refractivity contribution >= 4 is 35.3 Å². The molecule has 0 spiro atoms. The van der Waals surface area contributed by atoms with Gasteiger partial charge in [0.25, 0.3) is 0 Å². The summed E-state index contributed by atoms with van der Waals surface area (Å²) < 4.78 is 10.9. The third kappa shape index (κ3) is 6.43. The number of amides is 3. The Balaban J connectivity index is 1.73. The second kappa shape index (κ2) is 9.99. The Bertz CT molecular complexity index is 942. The lowest BCUT2D eigenvalue weighted by Gasteiger charge is -2.37. The summed E-state index contributed by atoms with van der Waals surface area (Å²) in [7, 11) is 0. The van der Waals surface area contributed by atoms with Crippen molar-refractivity contribution in [1.29, 1.82) is 0 Å². The van der Waals surface area contributed by atoms with Gasteiger partial charge >= 0.3 is 17.9 Å². The molecule has 2 atom stereocenters. The number of halogens is 1. The van der Waals surface area contributed by atoms with E-state index in [1.54, 1.807) is 27.0 Å². The zero-order valence-electron chi connectivity index (χ0n) is 18.1. The maximum atomic E-state index is 12.9. The van der Waals surface area contributed by atoms with E-state index in [-0.39, 0.29) is 17.8 Å². The van der Waals surface area contributed by atoms with E-state index in [1.807, 2.05) is 0 Å². The molecule has 2 N–H and O–H groups in total. The molecule has 32 heavy (non-hydrogen) atoms. The van der Waals surface area contributed by atoms with Gasteiger partial charge in [0, 0.05) is 12.1 Å². The van der Waals surface area contributed by atoms with Gasteiger partial charge in [-0.3, -0.25) is 15.0 Å². The number of carbonyl (C=O) groups is 3. The molecule has 2 heterocycles. The normalized spacial score (nSPS) is 18.5. The number of hydrazine groups is 1. The smallest absolute Gasteiger partial charge is 0.429 e. The van der Waals surface area contributed by atoms with Crippen LogP contribution in [0, 0.1) is 0 Å². The molecule has 1 fully saturated rings. The summed E-state index contributed by atoms with van der Waals surface area (Å²) in [5.74, 6) is -1.09. The molecule has 1 unspecified atom stereocenters. The van der Waals surface area contributed by atoms with Gasteiger partial charge in [-0.15, -0.1) is 0 Å². The molecule has 3 rings (SSSR count). The molecule has 1 saturated carbocycles. The van der Waals surface area contributed by atoms with Crippen molar-refractivity contribution in [3.05, 3.63) is 41.7 Å². The van der Waals surface area contributed by atoms with Gasteiger partial charge in [0.2, 0.25) is 0 Å². The molecule has 3 amide bonds. The highest BCUT2D eigenvalue weighted by molar-refractivity contribution is 6.39. The number of oxazole rings is 1. The third-order valence-corrected chi connectivity index (χ3v) is 5.08. The Hall–Kier alpha value is -3.14. The first-order valence-electron chi connectivity index (χ1n) is 10.3. The van der Waals surface area contributed by atoms with Crippen LogP contribution in [0.15, 0.2) is 35.3 Å². The molecule has 172 valence electrons. The average molecular weight is 464 g/mol. The number of nitrogens with zero attached hydrogens (tertiary/aromatic N) is 3. The van der Waals surface area contributed by atoms with Crippen LogP contribution in [-0.2, 0) is 14.3 Å². The van der Waals surface area contributed by atoms with Crippen LogP contribution < -0.4 is 10.7 Å². The van der Waals surface area contributed by atoms with Gasteiger partial charge in [-0.25, -0.2) is 19.8 Å². The van der Waals surface area contributed by atoms with Crippen LogP contribution in [0.5, 0.6) is 0 Å². The Labute approximate surface area is 190 Å². The summed E-state index contributed by atoms with van der Waals surface area (Å²) in [4.78, 5) is 45.8. The minimum atomic E-state index is -1.02. The zero-order chi connectivity index (χ0) is 23.3. The van der Waals surface area contributed by atoms with Crippen LogP contribution >= 0.6 is 11.6 Å². The van der Waals surface area contributed by atoms with E-state index in [0.29, 0.717) is 17.9 Å². The van der Waals surface area contributed by atoms with Gasteiger partial charge in [-0.05, 0) is 52.2 Å². The monoisotopic (exact) mass is 463 g/mol. The second-order valence-corrected chi connectivity index (χ2v) is 8.96. The summed E-state index contributed by atoms with van der Waals surface area (Å²) in [5, 5.41) is 3.87. The SMILES string of the molecule is CC(C)(C)OC(=O)N(NC(=O)C(=O)Nc1ccc(Cl)cn1)C1CCC[C@H](c2cnco2)C1. The summed E-state index contributed by atoms with van der Waals surface area (Å²) in [5.41, 5.74) is 1.63. The van der Waals surface area contributed by atoms with Gasteiger partial charge in [-0.2, -0.15) is 0 Å². The lowest BCUT2D eigenvalue weighted by Crippen LogP contribution is -2.56. The van der Waals surface area contributed by atoms with Crippen molar-refractivity contribution in [2.75, 3.05) is 5.32 Å². The predicted octanol–water partition coefficient (Wildman–Crippen LogP) is 3.66. The van der Waals surface area contributed by atoms with Crippen LogP contribution in [0.2, 0.25) is 5.02 Å². The molecule has 10 nitrogen and oxygen atoms in total. The van der Waals surface area contributed by atoms with Gasteiger partial charge in [-0.1, -0.05) is 18.0 Å². The van der Waals surface area contributed by atoms with Crippen LogP contribution in [0.3, 0.4) is 0 Å². The maximum absolute atomic E-state index is 12.9. The molecule has 1 aliphatic rings. The number of anilines is 1. The fourth-order valence-corrected chi connectivity index (χ4v) is 3.58. The van der Waals surface area contributed by atoms with Crippen LogP contribution in [0.1, 0.15) is 58.1 Å². The largest absolute Gasteiger partial charge is 0.448 e. The second-order valence-electron chi connectivity index (χ2n) is 8.53. The quantitative estimate of drug-likeness (QED) is 0.525. The lowest BCUT2D eigenvalue weighted by atomic mass is 9.84. The molecule has 2 aromatic rings. The Kier molecular flexibility index (Phi) is 7.34. The molecular weight excluding hydrogens is 438 g/mol. The number of hydrogen-bond acceptors (Lipinski definition) is 7. The Morgan fingerprint density at radius 1 is 1.19 bits per heavy atom. The average Bonchev–Trinajstić information content (AvgIpc) is 3.27. The van der Waals surface area contributed by atoms with Crippen LogP contribution in [0.4, 0.5) is 10.6 Å². The number of ether oxygens (including phenoxy) is 1. The number of nitrogens with one attached hydrogen (secondary N) is 2. The maximum Gasteiger partial charge on any atom is 0.429 e. The van der Waals surface area contributed by atoms with E-state index in [0.717, 1.165) is 23.6 Å². The minimum Gasteiger partial charge on any atom is -0.448 e. The highest BCUT2D eigenvalue weighted by atomic mass is 35.5. The molecule has 0 aliphatic heterocycles. The first-order valence-corrected chi connectivity index (χ1v) is 10.6. The first kappa shape index (κ1) is 23.5. The van der Waals surface area contributed by atoms with Crippen molar-refractivity contribution in [2.24, 2.45) is 0 Å². The van der Waals surface area contributed by atoms with E-state index in [1.165, 1.54) is 24.7 Å². The zero-order valence-corrected chi connectivity index (χ0v) is 18.9. The molecule has 0 bridgehead atoms. The molecule has 1 aliphatic carbocycles. The molecule has 0 aromatic carbocycles. The topological polar surface area (TPSA) is 127 Å². The molecule has 2 aromatic heterocycles. The lowest BCUT2D eigenvalue weighted by molar-refractivity contribution is -0.140. The number of carbonyl (C=O) groups excluding carboxylic acids is 3. The number of aromatic nitrogens is 2. The van der Waals surface area contributed by atoms with Crippen molar-refractivity contribution in [3.8, 4) is 0 Å². The summed E-state index contributed by atoms with van der Waals surface area (Å²) in [6.07, 6.45) is 6.42.